The molecule has 0 amide bonds. The van der Waals surface area contributed by atoms with Gasteiger partial charge in [-0.05, 0) is 51.1 Å². The number of hydrogen-bond acceptors (Lipinski definition) is 2. The summed E-state index contributed by atoms with van der Waals surface area (Å²) < 4.78 is 0. The largest absolute Gasteiger partial charge is 0.313 e. The van der Waals surface area contributed by atoms with Crippen molar-refractivity contribution in [3.8, 4) is 0 Å². The van der Waals surface area contributed by atoms with E-state index in [1.54, 1.807) is 0 Å². The van der Waals surface area contributed by atoms with Gasteiger partial charge in [0.1, 0.15) is 0 Å². The van der Waals surface area contributed by atoms with Crippen LogP contribution in [0.15, 0.2) is 0 Å². The Hall–Kier alpha value is -0.0800. The summed E-state index contributed by atoms with van der Waals surface area (Å²) in [6.45, 7) is 8.61. The molecule has 2 aliphatic heterocycles. The number of piperidine rings is 1. The Morgan fingerprint density at radius 1 is 1.06 bits per heavy atom. The van der Waals surface area contributed by atoms with Gasteiger partial charge in [-0.15, -0.1) is 0 Å². The van der Waals surface area contributed by atoms with Gasteiger partial charge in [0.05, 0.1) is 0 Å². The number of nitrogens with one attached hydrogen (secondary N) is 1. The van der Waals surface area contributed by atoms with Crippen molar-refractivity contribution in [2.24, 2.45) is 5.92 Å². The lowest BCUT2D eigenvalue weighted by atomic mass is 9.90. The first-order valence-electron chi connectivity index (χ1n) is 8.30. The van der Waals surface area contributed by atoms with E-state index in [9.17, 15) is 0 Å². The van der Waals surface area contributed by atoms with Gasteiger partial charge < -0.3 is 5.32 Å². The standard InChI is InChI=1S/C16H32N2/c1-3-14-9-10-17-15(12-14)13-18-11-7-5-6-8-16(18)4-2/h14-17H,3-13H2,1-2H3. The molecule has 18 heavy (non-hydrogen) atoms. The lowest BCUT2D eigenvalue weighted by molar-refractivity contribution is 0.152. The minimum atomic E-state index is 0.760. The summed E-state index contributed by atoms with van der Waals surface area (Å²) in [4.78, 5) is 2.79. The molecule has 2 heterocycles. The minimum Gasteiger partial charge on any atom is -0.313 e. The number of hydrogen-bond donors (Lipinski definition) is 1. The van der Waals surface area contributed by atoms with Crippen LogP contribution in [0.1, 0.15) is 65.2 Å². The Bertz CT molecular complexity index is 229. The van der Waals surface area contributed by atoms with Crippen LogP contribution >= 0.6 is 0 Å². The van der Waals surface area contributed by atoms with Crippen LogP contribution in [0.25, 0.3) is 0 Å². The summed E-state index contributed by atoms with van der Waals surface area (Å²) in [5.41, 5.74) is 0. The molecule has 0 saturated carbocycles. The van der Waals surface area contributed by atoms with Gasteiger partial charge in [-0.3, -0.25) is 4.90 Å². The topological polar surface area (TPSA) is 15.3 Å². The molecule has 1 N–H and O–H groups in total. The van der Waals surface area contributed by atoms with Gasteiger partial charge in [-0.2, -0.15) is 0 Å². The fraction of sp³-hybridized carbons (Fsp3) is 1.00. The molecule has 2 aliphatic rings. The Kier molecular flexibility index (Phi) is 5.97. The van der Waals surface area contributed by atoms with Crippen LogP contribution in [0.4, 0.5) is 0 Å². The molecule has 0 aromatic rings. The minimum absolute atomic E-state index is 0.760. The average molecular weight is 252 g/mol. The SMILES string of the molecule is CCC1CCNC(CN2CCCCCC2CC)C1. The van der Waals surface area contributed by atoms with Crippen LogP contribution in [0.3, 0.4) is 0 Å². The van der Waals surface area contributed by atoms with Crippen LogP contribution in [-0.4, -0.2) is 36.6 Å². The highest BCUT2D eigenvalue weighted by atomic mass is 15.2. The first-order valence-corrected chi connectivity index (χ1v) is 8.30. The van der Waals surface area contributed by atoms with Gasteiger partial charge in [0.25, 0.3) is 0 Å². The summed E-state index contributed by atoms with van der Waals surface area (Å²) in [6.07, 6.45) is 11.3. The van der Waals surface area contributed by atoms with Gasteiger partial charge in [-0.1, -0.05) is 33.1 Å². The third-order valence-electron chi connectivity index (χ3n) is 5.11. The van der Waals surface area contributed by atoms with E-state index in [1.807, 2.05) is 0 Å². The van der Waals surface area contributed by atoms with E-state index < -0.39 is 0 Å². The zero-order chi connectivity index (χ0) is 12.8. The van der Waals surface area contributed by atoms with Gasteiger partial charge in [0, 0.05) is 18.6 Å². The zero-order valence-corrected chi connectivity index (χ0v) is 12.5. The number of likely N-dealkylation sites (tertiary alicyclic amines) is 1. The summed E-state index contributed by atoms with van der Waals surface area (Å²) >= 11 is 0. The summed E-state index contributed by atoms with van der Waals surface area (Å²) in [5.74, 6) is 0.975. The summed E-state index contributed by atoms with van der Waals surface area (Å²) in [5, 5.41) is 3.75. The predicted molar refractivity (Wildman–Crippen MR) is 78.9 cm³/mol. The first-order chi connectivity index (χ1) is 8.83. The van der Waals surface area contributed by atoms with Crippen molar-refractivity contribution < 1.29 is 0 Å². The molecule has 0 aromatic carbocycles. The van der Waals surface area contributed by atoms with Gasteiger partial charge in [0.15, 0.2) is 0 Å². The van der Waals surface area contributed by atoms with Gasteiger partial charge >= 0.3 is 0 Å². The fourth-order valence-electron chi connectivity index (χ4n) is 3.83. The van der Waals surface area contributed by atoms with Crippen LogP contribution in [0.2, 0.25) is 0 Å². The molecule has 2 nitrogen and oxygen atoms in total. The molecule has 0 bridgehead atoms. The maximum Gasteiger partial charge on any atom is 0.0197 e. The Morgan fingerprint density at radius 2 is 1.94 bits per heavy atom. The van der Waals surface area contributed by atoms with Crippen molar-refractivity contribution in [3.05, 3.63) is 0 Å². The monoisotopic (exact) mass is 252 g/mol. The summed E-state index contributed by atoms with van der Waals surface area (Å²) in [7, 11) is 0. The predicted octanol–water partition coefficient (Wildman–Crippen LogP) is 3.42. The molecule has 2 rings (SSSR count). The van der Waals surface area contributed by atoms with Crippen molar-refractivity contribution >= 4 is 0 Å². The van der Waals surface area contributed by atoms with Crippen molar-refractivity contribution in [1.82, 2.24) is 10.2 Å². The van der Waals surface area contributed by atoms with E-state index in [4.69, 9.17) is 0 Å². The number of nitrogens with zero attached hydrogens (tertiary/aromatic N) is 1. The van der Waals surface area contributed by atoms with Crippen LogP contribution in [0.5, 0.6) is 0 Å². The van der Waals surface area contributed by atoms with E-state index in [0.29, 0.717) is 0 Å². The van der Waals surface area contributed by atoms with Crippen molar-refractivity contribution in [3.63, 3.8) is 0 Å². The third-order valence-corrected chi connectivity index (χ3v) is 5.11. The smallest absolute Gasteiger partial charge is 0.0197 e. The van der Waals surface area contributed by atoms with Crippen LogP contribution in [-0.2, 0) is 0 Å². The highest BCUT2D eigenvalue weighted by molar-refractivity contribution is 4.84. The first kappa shape index (κ1) is 14.3. The Labute approximate surface area is 114 Å². The van der Waals surface area contributed by atoms with Crippen LogP contribution in [0, 0.1) is 5.92 Å². The molecular weight excluding hydrogens is 220 g/mol. The molecule has 2 saturated heterocycles. The molecule has 106 valence electrons. The quantitative estimate of drug-likeness (QED) is 0.825. The normalized spacial score (nSPS) is 35.3. The lowest BCUT2D eigenvalue weighted by Gasteiger charge is -2.36. The molecule has 2 heteroatoms. The molecule has 2 fully saturated rings. The average Bonchev–Trinajstić information content (AvgIpc) is 2.64. The van der Waals surface area contributed by atoms with Crippen molar-refractivity contribution in [1.29, 1.82) is 0 Å². The second kappa shape index (κ2) is 7.49. The van der Waals surface area contributed by atoms with Crippen molar-refractivity contribution in [2.75, 3.05) is 19.6 Å². The fourth-order valence-corrected chi connectivity index (χ4v) is 3.83. The van der Waals surface area contributed by atoms with Gasteiger partial charge in [-0.25, -0.2) is 0 Å². The molecule has 0 aromatic heterocycles. The molecule has 0 aliphatic carbocycles. The van der Waals surface area contributed by atoms with E-state index in [1.165, 1.54) is 71.0 Å². The molecule has 3 unspecified atom stereocenters. The van der Waals surface area contributed by atoms with E-state index in [-0.39, 0.29) is 0 Å². The van der Waals surface area contributed by atoms with Crippen LogP contribution < -0.4 is 5.32 Å². The second-order valence-electron chi connectivity index (χ2n) is 6.36. The number of rotatable bonds is 4. The third kappa shape index (κ3) is 3.96. The molecule has 0 spiro atoms. The van der Waals surface area contributed by atoms with E-state index >= 15 is 0 Å². The summed E-state index contributed by atoms with van der Waals surface area (Å²) in [6, 6.07) is 1.62. The van der Waals surface area contributed by atoms with E-state index in [2.05, 4.69) is 24.1 Å². The van der Waals surface area contributed by atoms with Gasteiger partial charge in [0.2, 0.25) is 0 Å². The maximum absolute atomic E-state index is 3.75. The lowest BCUT2D eigenvalue weighted by Crippen LogP contribution is -2.48. The molecule has 3 atom stereocenters. The Balaban J connectivity index is 1.85. The highest BCUT2D eigenvalue weighted by Crippen LogP contribution is 2.23. The second-order valence-corrected chi connectivity index (χ2v) is 6.36. The molecular formula is C16H32N2. The molecule has 0 radical (unpaired) electrons. The Morgan fingerprint density at radius 3 is 2.72 bits per heavy atom. The van der Waals surface area contributed by atoms with E-state index in [0.717, 1.165) is 18.0 Å². The zero-order valence-electron chi connectivity index (χ0n) is 12.5. The van der Waals surface area contributed by atoms with Crippen molar-refractivity contribution in [2.45, 2.75) is 77.3 Å². The highest BCUT2D eigenvalue weighted by Gasteiger charge is 2.25. The maximum atomic E-state index is 3.75.